The van der Waals surface area contributed by atoms with Gasteiger partial charge in [0, 0.05) is 11.4 Å². The predicted octanol–water partition coefficient (Wildman–Crippen LogP) is 2.34. The second kappa shape index (κ2) is 7.65. The van der Waals surface area contributed by atoms with Gasteiger partial charge in [-0.1, -0.05) is 0 Å². The van der Waals surface area contributed by atoms with Gasteiger partial charge in [0.25, 0.3) is 0 Å². The van der Waals surface area contributed by atoms with Gasteiger partial charge in [0.15, 0.2) is 0 Å². The zero-order valence-electron chi connectivity index (χ0n) is 13.4. The molecule has 0 saturated carbocycles. The fraction of sp³-hybridized carbons (Fsp3) is 0.500. The van der Waals surface area contributed by atoms with Gasteiger partial charge in [-0.25, -0.2) is 0 Å². The number of nitrogens with one attached hydrogen (secondary N) is 1. The molecule has 0 saturated heterocycles. The van der Waals surface area contributed by atoms with Gasteiger partial charge < -0.3 is 15.2 Å². The van der Waals surface area contributed by atoms with E-state index in [2.05, 4.69) is 17.9 Å². The van der Waals surface area contributed by atoms with Crippen LogP contribution in [0.4, 0.5) is 0 Å². The summed E-state index contributed by atoms with van der Waals surface area (Å²) in [6.45, 7) is 7.87. The van der Waals surface area contributed by atoms with Crippen LogP contribution in [-0.2, 0) is 27.3 Å². The summed E-state index contributed by atoms with van der Waals surface area (Å²) in [4.78, 5) is 23.2. The van der Waals surface area contributed by atoms with Gasteiger partial charge >= 0.3 is 11.9 Å². The Kier molecular flexibility index (Phi) is 6.44. The Morgan fingerprint density at radius 3 is 2.41 bits per heavy atom. The third-order valence-corrected chi connectivity index (χ3v) is 3.21. The molecule has 0 radical (unpaired) electrons. The van der Waals surface area contributed by atoms with Crippen LogP contribution >= 0.6 is 12.6 Å². The van der Waals surface area contributed by atoms with Crippen LogP contribution in [0, 0.1) is 6.92 Å². The molecule has 22 heavy (non-hydrogen) atoms. The fourth-order valence-electron chi connectivity index (χ4n) is 2.03. The van der Waals surface area contributed by atoms with Gasteiger partial charge in [-0.05, 0) is 56.5 Å². The van der Waals surface area contributed by atoms with Crippen LogP contribution in [0.15, 0.2) is 17.0 Å². The van der Waals surface area contributed by atoms with Crippen LogP contribution in [0.25, 0.3) is 0 Å². The number of thiol groups is 1. The van der Waals surface area contributed by atoms with E-state index in [1.807, 2.05) is 33.8 Å². The van der Waals surface area contributed by atoms with Crippen molar-refractivity contribution >= 4 is 24.6 Å². The number of ether oxygens (including phenoxy) is 1. The lowest BCUT2D eigenvalue weighted by molar-refractivity contribution is -0.153. The Morgan fingerprint density at radius 1 is 1.27 bits per heavy atom. The largest absolute Gasteiger partial charge is 0.481 e. The van der Waals surface area contributed by atoms with Crippen LogP contribution in [-0.4, -0.2) is 29.2 Å². The summed E-state index contributed by atoms with van der Waals surface area (Å²) in [6, 6.07) is 3.62. The molecule has 1 rings (SSSR count). The number of benzene rings is 1. The molecule has 0 fully saturated rings. The van der Waals surface area contributed by atoms with Crippen molar-refractivity contribution in [1.29, 1.82) is 0 Å². The molecule has 2 N–H and O–H groups in total. The third kappa shape index (κ3) is 6.49. The molecule has 0 atom stereocenters. The minimum Gasteiger partial charge on any atom is -0.481 e. The molecule has 1 aromatic carbocycles. The van der Waals surface area contributed by atoms with E-state index in [-0.39, 0.29) is 18.9 Å². The van der Waals surface area contributed by atoms with Gasteiger partial charge in [-0.3, -0.25) is 9.59 Å². The van der Waals surface area contributed by atoms with Crippen molar-refractivity contribution in [2.24, 2.45) is 0 Å². The maximum atomic E-state index is 11.6. The molecule has 0 aliphatic carbocycles. The average Bonchev–Trinajstić information content (AvgIpc) is 2.31. The predicted molar refractivity (Wildman–Crippen MR) is 87.3 cm³/mol. The van der Waals surface area contributed by atoms with Crippen LogP contribution in [0.5, 0.6) is 0 Å². The third-order valence-electron chi connectivity index (χ3n) is 2.95. The van der Waals surface area contributed by atoms with E-state index in [4.69, 9.17) is 9.84 Å². The number of carbonyl (C=O) groups excluding carboxylic acids is 1. The first-order chi connectivity index (χ1) is 10.1. The van der Waals surface area contributed by atoms with Crippen LogP contribution < -0.4 is 5.32 Å². The summed E-state index contributed by atoms with van der Waals surface area (Å²) < 4.78 is 5.21. The Hall–Kier alpha value is -1.53. The molecule has 0 unspecified atom stereocenters. The maximum Gasteiger partial charge on any atom is 0.320 e. The highest BCUT2D eigenvalue weighted by Crippen LogP contribution is 2.20. The summed E-state index contributed by atoms with van der Waals surface area (Å²) in [5.74, 6) is -1.20. The Balaban J connectivity index is 2.68. The first-order valence-electron chi connectivity index (χ1n) is 7.04. The van der Waals surface area contributed by atoms with Crippen molar-refractivity contribution < 1.29 is 19.4 Å². The number of carboxylic acids is 1. The summed E-state index contributed by atoms with van der Waals surface area (Å²) in [7, 11) is 0. The van der Waals surface area contributed by atoms with Crippen LogP contribution in [0.3, 0.4) is 0 Å². The minimum atomic E-state index is -0.880. The molecular formula is C16H23NO4S. The van der Waals surface area contributed by atoms with Crippen molar-refractivity contribution in [3.05, 3.63) is 28.8 Å². The molecule has 0 heterocycles. The molecule has 0 aliphatic rings. The molecule has 1 aromatic rings. The Labute approximate surface area is 136 Å². The molecule has 0 aliphatic heterocycles. The van der Waals surface area contributed by atoms with E-state index in [9.17, 15) is 9.59 Å². The van der Waals surface area contributed by atoms with Gasteiger partial charge in [0.1, 0.15) is 5.60 Å². The van der Waals surface area contributed by atoms with Crippen molar-refractivity contribution in [3.63, 3.8) is 0 Å². The number of hydrogen-bond donors (Lipinski definition) is 3. The minimum absolute atomic E-state index is 0.0424. The average molecular weight is 325 g/mol. The molecule has 6 heteroatoms. The number of carboxylic acid groups (broad SMARTS) is 1. The zero-order chi connectivity index (χ0) is 16.9. The molecule has 0 amide bonds. The number of rotatable bonds is 6. The maximum absolute atomic E-state index is 11.6. The van der Waals surface area contributed by atoms with E-state index in [0.717, 1.165) is 16.7 Å². The van der Waals surface area contributed by atoms with E-state index in [1.165, 1.54) is 0 Å². The molecule has 0 bridgehead atoms. The van der Waals surface area contributed by atoms with Gasteiger partial charge in [-0.15, -0.1) is 12.6 Å². The Morgan fingerprint density at radius 2 is 1.86 bits per heavy atom. The summed E-state index contributed by atoms with van der Waals surface area (Å²) >= 11 is 4.30. The van der Waals surface area contributed by atoms with E-state index in [0.29, 0.717) is 11.4 Å². The number of aliphatic carboxylic acids is 1. The topological polar surface area (TPSA) is 75.6 Å². The number of carbonyl (C=O) groups is 2. The molecule has 5 nitrogen and oxygen atoms in total. The molecular weight excluding hydrogens is 302 g/mol. The summed E-state index contributed by atoms with van der Waals surface area (Å²) in [6.07, 6.45) is -0.0424. The normalized spacial score (nSPS) is 11.3. The molecule has 122 valence electrons. The lowest BCUT2D eigenvalue weighted by Gasteiger charge is -2.19. The highest BCUT2D eigenvalue weighted by Gasteiger charge is 2.16. The molecule has 0 aromatic heterocycles. The highest BCUT2D eigenvalue weighted by molar-refractivity contribution is 7.80. The zero-order valence-corrected chi connectivity index (χ0v) is 14.3. The second-order valence-corrected chi connectivity index (χ2v) is 6.67. The standard InChI is InChI=1S/C16H23NO4S/c1-10-11(7-14(18)19)5-13(22)6-12(10)8-17-9-15(20)21-16(2,3)4/h5-6,17,22H,7-9H2,1-4H3,(H,18,19). The van der Waals surface area contributed by atoms with Gasteiger partial charge in [-0.2, -0.15) is 0 Å². The van der Waals surface area contributed by atoms with Gasteiger partial charge in [0.05, 0.1) is 13.0 Å². The Bertz CT molecular complexity index is 564. The van der Waals surface area contributed by atoms with E-state index < -0.39 is 11.6 Å². The van der Waals surface area contributed by atoms with E-state index >= 15 is 0 Å². The van der Waals surface area contributed by atoms with Crippen molar-refractivity contribution in [2.75, 3.05) is 6.54 Å². The smallest absolute Gasteiger partial charge is 0.320 e. The number of hydrogen-bond acceptors (Lipinski definition) is 5. The summed E-state index contributed by atoms with van der Waals surface area (Å²) in [5, 5.41) is 11.9. The van der Waals surface area contributed by atoms with Gasteiger partial charge in [0.2, 0.25) is 0 Å². The van der Waals surface area contributed by atoms with E-state index in [1.54, 1.807) is 6.07 Å². The first kappa shape index (κ1) is 18.5. The second-order valence-electron chi connectivity index (χ2n) is 6.15. The van der Waals surface area contributed by atoms with Crippen LogP contribution in [0.2, 0.25) is 0 Å². The van der Waals surface area contributed by atoms with Crippen molar-refractivity contribution in [1.82, 2.24) is 5.32 Å². The SMILES string of the molecule is Cc1c(CNCC(=O)OC(C)(C)C)cc(S)cc1CC(=O)O. The highest BCUT2D eigenvalue weighted by atomic mass is 32.1. The lowest BCUT2D eigenvalue weighted by Crippen LogP contribution is -2.31. The summed E-state index contributed by atoms with van der Waals surface area (Å²) in [5.41, 5.74) is 2.05. The molecule has 0 spiro atoms. The lowest BCUT2D eigenvalue weighted by atomic mass is 10.00. The fourth-order valence-corrected chi connectivity index (χ4v) is 2.34. The monoisotopic (exact) mass is 325 g/mol. The number of esters is 1. The first-order valence-corrected chi connectivity index (χ1v) is 7.49. The van der Waals surface area contributed by atoms with Crippen LogP contribution in [0.1, 0.15) is 37.5 Å². The van der Waals surface area contributed by atoms with Crippen molar-refractivity contribution in [3.8, 4) is 0 Å². The quantitative estimate of drug-likeness (QED) is 0.553. The van der Waals surface area contributed by atoms with Crippen molar-refractivity contribution in [2.45, 2.75) is 51.2 Å².